The van der Waals surface area contributed by atoms with Crippen LogP contribution < -0.4 is 15.8 Å². The number of thioether (sulfide) groups is 1. The number of hydrogen-bond acceptors (Lipinski definition) is 6. The predicted molar refractivity (Wildman–Crippen MR) is 101 cm³/mol. The van der Waals surface area contributed by atoms with Crippen LogP contribution in [-0.2, 0) is 6.42 Å². The first kappa shape index (κ1) is 20.6. The van der Waals surface area contributed by atoms with Gasteiger partial charge in [-0.25, -0.2) is 18.7 Å². The van der Waals surface area contributed by atoms with Gasteiger partial charge in [-0.15, -0.1) is 0 Å². The number of nitrogens with one attached hydrogen (secondary N) is 1. The van der Waals surface area contributed by atoms with Gasteiger partial charge in [-0.1, -0.05) is 18.7 Å². The molecule has 0 aliphatic rings. The van der Waals surface area contributed by atoms with Crippen molar-refractivity contribution in [3.8, 4) is 5.88 Å². The van der Waals surface area contributed by atoms with Gasteiger partial charge in [-0.3, -0.25) is 9.79 Å². The van der Waals surface area contributed by atoms with Crippen LogP contribution in [0.5, 0.6) is 5.88 Å². The van der Waals surface area contributed by atoms with Crippen LogP contribution in [0.3, 0.4) is 0 Å². The first-order valence-electron chi connectivity index (χ1n) is 7.88. The van der Waals surface area contributed by atoms with Gasteiger partial charge in [-0.05, 0) is 18.1 Å². The summed E-state index contributed by atoms with van der Waals surface area (Å²) in [5.74, 6) is -2.37. The standard InChI is InChI=1S/C17H19F2N5O2S/c1-9(27-17(20)21-2)4-10-5-11(6-12(18)15(10)19)24-16(25)13-7-23-14(26-3)8-22-13/h5-9H,4H2,1-3H3,(H2,20,21)(H,24,25)/t9-/m1/s1. The van der Waals surface area contributed by atoms with Gasteiger partial charge in [0.1, 0.15) is 5.69 Å². The molecule has 0 fully saturated rings. The molecule has 0 unspecified atom stereocenters. The molecule has 144 valence electrons. The number of amides is 1. The number of benzene rings is 1. The Balaban J connectivity index is 2.17. The number of rotatable bonds is 6. The summed E-state index contributed by atoms with van der Waals surface area (Å²) >= 11 is 1.25. The zero-order chi connectivity index (χ0) is 20.0. The minimum absolute atomic E-state index is 0.0120. The molecule has 0 radical (unpaired) electrons. The summed E-state index contributed by atoms with van der Waals surface area (Å²) in [6.45, 7) is 1.82. The Morgan fingerprint density at radius 2 is 2.11 bits per heavy atom. The highest BCUT2D eigenvalue weighted by atomic mass is 32.2. The van der Waals surface area contributed by atoms with Crippen LogP contribution in [0.15, 0.2) is 29.5 Å². The van der Waals surface area contributed by atoms with Crippen molar-refractivity contribution in [3.63, 3.8) is 0 Å². The number of nitrogens with zero attached hydrogens (tertiary/aromatic N) is 3. The molecule has 27 heavy (non-hydrogen) atoms. The van der Waals surface area contributed by atoms with Crippen molar-refractivity contribution in [1.29, 1.82) is 0 Å². The summed E-state index contributed by atoms with van der Waals surface area (Å²) in [7, 11) is 2.97. The molecule has 1 heterocycles. The van der Waals surface area contributed by atoms with E-state index in [1.807, 2.05) is 6.92 Å². The summed E-state index contributed by atoms with van der Waals surface area (Å²) in [5.41, 5.74) is 5.89. The Kier molecular flexibility index (Phi) is 7.05. The molecule has 0 bridgehead atoms. The molecule has 2 rings (SSSR count). The zero-order valence-electron chi connectivity index (χ0n) is 15.0. The SMILES string of the molecule is CN=C(N)S[C@H](C)Cc1cc(NC(=O)c2cnc(OC)cn2)cc(F)c1F. The summed E-state index contributed by atoms with van der Waals surface area (Å²) < 4.78 is 32.9. The predicted octanol–water partition coefficient (Wildman–Crippen LogP) is 2.62. The van der Waals surface area contributed by atoms with Crippen molar-refractivity contribution in [2.24, 2.45) is 10.7 Å². The summed E-state index contributed by atoms with van der Waals surface area (Å²) in [6, 6.07) is 2.29. The zero-order valence-corrected chi connectivity index (χ0v) is 15.8. The molecule has 2 aromatic rings. The van der Waals surface area contributed by atoms with E-state index in [1.165, 1.54) is 37.3 Å². The van der Waals surface area contributed by atoms with E-state index >= 15 is 0 Å². The smallest absolute Gasteiger partial charge is 0.275 e. The molecule has 0 aliphatic heterocycles. The molecule has 1 atom stereocenters. The molecule has 1 aromatic heterocycles. The lowest BCUT2D eigenvalue weighted by Gasteiger charge is -2.13. The summed E-state index contributed by atoms with van der Waals surface area (Å²) in [5, 5.41) is 2.70. The fraction of sp³-hybridized carbons (Fsp3) is 0.294. The maximum Gasteiger partial charge on any atom is 0.275 e. The Morgan fingerprint density at radius 3 is 2.70 bits per heavy atom. The lowest BCUT2D eigenvalue weighted by Crippen LogP contribution is -2.16. The number of halogens is 2. The van der Waals surface area contributed by atoms with Gasteiger partial charge in [0.2, 0.25) is 5.88 Å². The highest BCUT2D eigenvalue weighted by Gasteiger charge is 2.17. The van der Waals surface area contributed by atoms with Crippen LogP contribution in [-0.4, -0.2) is 40.5 Å². The summed E-state index contributed by atoms with van der Waals surface area (Å²) in [6.07, 6.45) is 2.71. The Labute approximate surface area is 159 Å². The molecule has 0 saturated heterocycles. The number of amidine groups is 1. The fourth-order valence-electron chi connectivity index (χ4n) is 2.21. The molecule has 10 heteroatoms. The Hall–Kier alpha value is -2.75. The van der Waals surface area contributed by atoms with E-state index in [2.05, 4.69) is 20.3 Å². The third-order valence-electron chi connectivity index (χ3n) is 3.48. The molecule has 3 N–H and O–H groups in total. The number of aromatic nitrogens is 2. The molecule has 1 aromatic carbocycles. The normalized spacial score (nSPS) is 12.6. The number of hydrogen-bond donors (Lipinski definition) is 2. The number of methoxy groups -OCH3 is 1. The van der Waals surface area contributed by atoms with Crippen molar-refractivity contribution in [3.05, 3.63) is 47.4 Å². The van der Waals surface area contributed by atoms with Crippen LogP contribution in [0.4, 0.5) is 14.5 Å². The third-order valence-corrected chi connectivity index (χ3v) is 4.47. The maximum absolute atomic E-state index is 14.1. The van der Waals surface area contributed by atoms with Gasteiger partial charge in [0.05, 0.1) is 19.5 Å². The van der Waals surface area contributed by atoms with Crippen molar-refractivity contribution < 1.29 is 18.3 Å². The average Bonchev–Trinajstić information content (AvgIpc) is 2.65. The van der Waals surface area contributed by atoms with Gasteiger partial charge in [0.15, 0.2) is 16.8 Å². The fourth-order valence-corrected chi connectivity index (χ4v) is 2.99. The van der Waals surface area contributed by atoms with E-state index in [9.17, 15) is 13.6 Å². The van der Waals surface area contributed by atoms with E-state index in [4.69, 9.17) is 10.5 Å². The van der Waals surface area contributed by atoms with Crippen LogP contribution in [0.25, 0.3) is 0 Å². The molecule has 0 aliphatic carbocycles. The van der Waals surface area contributed by atoms with Crippen LogP contribution in [0, 0.1) is 11.6 Å². The monoisotopic (exact) mass is 395 g/mol. The first-order chi connectivity index (χ1) is 12.8. The van der Waals surface area contributed by atoms with Crippen molar-refractivity contribution in [1.82, 2.24) is 9.97 Å². The number of ether oxygens (including phenoxy) is 1. The van der Waals surface area contributed by atoms with Gasteiger partial charge in [0, 0.05) is 24.1 Å². The minimum atomic E-state index is -1.06. The van der Waals surface area contributed by atoms with E-state index in [0.29, 0.717) is 5.17 Å². The van der Waals surface area contributed by atoms with Gasteiger partial charge in [-0.2, -0.15) is 0 Å². The quantitative estimate of drug-likeness (QED) is 0.576. The lowest BCUT2D eigenvalue weighted by molar-refractivity contribution is 0.102. The van der Waals surface area contributed by atoms with E-state index in [0.717, 1.165) is 6.07 Å². The van der Waals surface area contributed by atoms with E-state index in [1.54, 1.807) is 7.05 Å². The van der Waals surface area contributed by atoms with Crippen molar-refractivity contribution in [2.45, 2.75) is 18.6 Å². The molecular weight excluding hydrogens is 376 g/mol. The number of carbonyl (C=O) groups is 1. The van der Waals surface area contributed by atoms with Gasteiger partial charge >= 0.3 is 0 Å². The topological polar surface area (TPSA) is 102 Å². The second-order valence-corrected chi connectivity index (χ2v) is 6.98. The molecule has 0 spiro atoms. The van der Waals surface area contributed by atoms with Crippen LogP contribution in [0.2, 0.25) is 0 Å². The number of nitrogens with two attached hydrogens (primary N) is 1. The average molecular weight is 395 g/mol. The summed E-state index contributed by atoms with van der Waals surface area (Å²) in [4.78, 5) is 23.8. The van der Waals surface area contributed by atoms with Gasteiger partial charge < -0.3 is 15.8 Å². The lowest BCUT2D eigenvalue weighted by atomic mass is 10.1. The number of anilines is 1. The van der Waals surface area contributed by atoms with Crippen molar-refractivity contribution >= 4 is 28.5 Å². The van der Waals surface area contributed by atoms with Gasteiger partial charge in [0.25, 0.3) is 5.91 Å². The highest BCUT2D eigenvalue weighted by Crippen LogP contribution is 2.24. The number of aliphatic imine (C=N–C) groups is 1. The van der Waals surface area contributed by atoms with Crippen LogP contribution in [0.1, 0.15) is 23.0 Å². The second kappa shape index (κ2) is 9.26. The minimum Gasteiger partial charge on any atom is -0.480 e. The maximum atomic E-state index is 14.1. The van der Waals surface area contributed by atoms with Crippen molar-refractivity contribution in [2.75, 3.05) is 19.5 Å². The molecule has 7 nitrogen and oxygen atoms in total. The number of carbonyl (C=O) groups excluding carboxylic acids is 1. The largest absolute Gasteiger partial charge is 0.480 e. The first-order valence-corrected chi connectivity index (χ1v) is 8.76. The van der Waals surface area contributed by atoms with E-state index < -0.39 is 17.5 Å². The molecule has 1 amide bonds. The Bertz CT molecular complexity index is 846. The Morgan fingerprint density at radius 1 is 1.37 bits per heavy atom. The highest BCUT2D eigenvalue weighted by molar-refractivity contribution is 8.14. The molecule has 0 saturated carbocycles. The van der Waals surface area contributed by atoms with E-state index in [-0.39, 0.29) is 34.5 Å². The third kappa shape index (κ3) is 5.61. The molecular formula is C17H19F2N5O2S. The van der Waals surface area contributed by atoms with Crippen LogP contribution >= 0.6 is 11.8 Å². The second-order valence-electron chi connectivity index (χ2n) is 5.52.